The van der Waals surface area contributed by atoms with Crippen molar-refractivity contribution in [3.05, 3.63) is 23.8 Å². The molecule has 1 aliphatic carbocycles. The van der Waals surface area contributed by atoms with Crippen LogP contribution in [0.4, 0.5) is 0 Å². The van der Waals surface area contributed by atoms with Gasteiger partial charge in [0, 0.05) is 30.6 Å². The molecule has 0 unspecified atom stereocenters. The quantitative estimate of drug-likeness (QED) is 0.577. The van der Waals surface area contributed by atoms with Crippen LogP contribution in [0, 0.1) is 5.92 Å². The Bertz CT molecular complexity index is 477. The van der Waals surface area contributed by atoms with Gasteiger partial charge in [-0.25, -0.2) is 0 Å². The summed E-state index contributed by atoms with van der Waals surface area (Å²) in [6.45, 7) is 0.666. The average molecular weight is 264 g/mol. The number of carbonyl (C=O) groups is 2. The number of carbonyl (C=O) groups excluding carboxylic acids is 2. The molecule has 19 heavy (non-hydrogen) atoms. The van der Waals surface area contributed by atoms with Crippen molar-refractivity contribution >= 4 is 11.8 Å². The molecule has 0 radical (unpaired) electrons. The summed E-state index contributed by atoms with van der Waals surface area (Å²) in [6, 6.07) is 3.67. The number of aromatic hydroxyl groups is 2. The first kappa shape index (κ1) is 13.2. The summed E-state index contributed by atoms with van der Waals surface area (Å²) in [7, 11) is 0. The lowest BCUT2D eigenvalue weighted by molar-refractivity contribution is -0.122. The summed E-state index contributed by atoms with van der Waals surface area (Å²) in [5.74, 6) is -0.575. The maximum absolute atomic E-state index is 11.7. The van der Waals surface area contributed by atoms with Gasteiger partial charge >= 0.3 is 0 Å². The summed E-state index contributed by atoms with van der Waals surface area (Å²) >= 11 is 0. The first-order valence-electron chi connectivity index (χ1n) is 6.15. The molecule has 0 heterocycles. The lowest BCUT2D eigenvalue weighted by Gasteiger charge is -2.07. The van der Waals surface area contributed by atoms with E-state index in [1.54, 1.807) is 0 Å². The number of rotatable bonds is 5. The summed E-state index contributed by atoms with van der Waals surface area (Å²) in [4.78, 5) is 23.0. The molecule has 0 atom stereocenters. The first-order valence-corrected chi connectivity index (χ1v) is 6.15. The molecule has 6 nitrogen and oxygen atoms in total. The van der Waals surface area contributed by atoms with Crippen molar-refractivity contribution in [3.63, 3.8) is 0 Å². The fourth-order valence-electron chi connectivity index (χ4n) is 1.68. The van der Waals surface area contributed by atoms with Gasteiger partial charge < -0.3 is 20.8 Å². The van der Waals surface area contributed by atoms with E-state index in [-0.39, 0.29) is 28.9 Å². The van der Waals surface area contributed by atoms with Crippen molar-refractivity contribution in [1.29, 1.82) is 0 Å². The van der Waals surface area contributed by atoms with Gasteiger partial charge in [-0.15, -0.1) is 0 Å². The lowest BCUT2D eigenvalue weighted by atomic mass is 10.2. The van der Waals surface area contributed by atoms with Gasteiger partial charge in [0.1, 0.15) is 11.5 Å². The molecular weight excluding hydrogens is 248 g/mol. The van der Waals surface area contributed by atoms with Gasteiger partial charge in [0.15, 0.2) is 0 Å². The number of nitrogens with one attached hydrogen (secondary N) is 2. The number of benzene rings is 1. The number of phenolic OH excluding ortho intramolecular Hbond substituents is 2. The summed E-state index contributed by atoms with van der Waals surface area (Å²) in [5.41, 5.74) is 0.172. The van der Waals surface area contributed by atoms with Gasteiger partial charge in [0.05, 0.1) is 0 Å². The minimum atomic E-state index is -0.410. The molecule has 1 aliphatic rings. The Morgan fingerprint density at radius 2 is 1.63 bits per heavy atom. The van der Waals surface area contributed by atoms with Crippen LogP contribution in [0.5, 0.6) is 11.5 Å². The highest BCUT2D eigenvalue weighted by Gasteiger charge is 2.28. The van der Waals surface area contributed by atoms with Gasteiger partial charge in [-0.05, 0) is 25.0 Å². The van der Waals surface area contributed by atoms with Crippen LogP contribution in [0.25, 0.3) is 0 Å². The van der Waals surface area contributed by atoms with Crippen LogP contribution in [0.3, 0.4) is 0 Å². The van der Waals surface area contributed by atoms with Gasteiger partial charge in [0.25, 0.3) is 5.91 Å². The smallest absolute Gasteiger partial charge is 0.251 e. The van der Waals surface area contributed by atoms with Crippen LogP contribution in [-0.2, 0) is 4.79 Å². The third-order valence-electron chi connectivity index (χ3n) is 2.82. The van der Waals surface area contributed by atoms with E-state index in [9.17, 15) is 19.8 Å². The summed E-state index contributed by atoms with van der Waals surface area (Å²) < 4.78 is 0. The minimum Gasteiger partial charge on any atom is -0.508 e. The number of amides is 2. The molecule has 1 saturated carbocycles. The third-order valence-corrected chi connectivity index (χ3v) is 2.82. The van der Waals surface area contributed by atoms with Crippen molar-refractivity contribution < 1.29 is 19.8 Å². The molecule has 1 aromatic carbocycles. The summed E-state index contributed by atoms with van der Waals surface area (Å²) in [6.07, 6.45) is 1.89. The topological polar surface area (TPSA) is 98.7 Å². The Labute approximate surface area is 110 Å². The Kier molecular flexibility index (Phi) is 3.89. The molecule has 0 saturated heterocycles. The van der Waals surface area contributed by atoms with Gasteiger partial charge in [0.2, 0.25) is 5.91 Å². The monoisotopic (exact) mass is 264 g/mol. The second-order valence-electron chi connectivity index (χ2n) is 4.56. The SMILES string of the molecule is O=C(NCCNC(=O)C1CC1)c1cc(O)cc(O)c1. The first-order chi connectivity index (χ1) is 9.06. The maximum atomic E-state index is 11.7. The third kappa shape index (κ3) is 3.87. The maximum Gasteiger partial charge on any atom is 0.251 e. The zero-order valence-corrected chi connectivity index (χ0v) is 10.3. The Morgan fingerprint density at radius 1 is 1.05 bits per heavy atom. The van der Waals surface area contributed by atoms with Gasteiger partial charge in [-0.3, -0.25) is 9.59 Å². The molecule has 102 valence electrons. The number of hydrogen-bond donors (Lipinski definition) is 4. The highest BCUT2D eigenvalue weighted by molar-refractivity contribution is 5.95. The molecule has 2 amide bonds. The molecule has 0 spiro atoms. The van der Waals surface area contributed by atoms with Crippen molar-refractivity contribution in [1.82, 2.24) is 10.6 Å². The summed E-state index contributed by atoms with van der Waals surface area (Å²) in [5, 5.41) is 23.8. The average Bonchev–Trinajstić information content (AvgIpc) is 3.17. The van der Waals surface area contributed by atoms with E-state index in [1.807, 2.05) is 0 Å². The molecule has 1 fully saturated rings. The molecule has 0 bridgehead atoms. The van der Waals surface area contributed by atoms with E-state index in [0.717, 1.165) is 18.9 Å². The van der Waals surface area contributed by atoms with Crippen LogP contribution in [0.2, 0.25) is 0 Å². The number of phenols is 2. The molecule has 2 rings (SSSR count). The highest BCUT2D eigenvalue weighted by Crippen LogP contribution is 2.28. The largest absolute Gasteiger partial charge is 0.508 e. The lowest BCUT2D eigenvalue weighted by Crippen LogP contribution is -2.35. The second-order valence-corrected chi connectivity index (χ2v) is 4.56. The molecule has 4 N–H and O–H groups in total. The van der Waals surface area contributed by atoms with E-state index in [4.69, 9.17) is 0 Å². The van der Waals surface area contributed by atoms with Crippen LogP contribution in [-0.4, -0.2) is 35.1 Å². The standard InChI is InChI=1S/C13H16N2O4/c16-10-5-9(6-11(17)7-10)13(19)15-4-3-14-12(18)8-1-2-8/h5-8,16-17H,1-4H2,(H,14,18)(H,15,19). The van der Waals surface area contributed by atoms with Crippen LogP contribution in [0.1, 0.15) is 23.2 Å². The molecule has 0 aromatic heterocycles. The van der Waals surface area contributed by atoms with E-state index >= 15 is 0 Å². The molecular formula is C13H16N2O4. The van der Waals surface area contributed by atoms with E-state index in [1.165, 1.54) is 12.1 Å². The van der Waals surface area contributed by atoms with Gasteiger partial charge in [-0.1, -0.05) is 0 Å². The normalized spacial score (nSPS) is 13.9. The zero-order chi connectivity index (χ0) is 13.8. The van der Waals surface area contributed by atoms with Crippen molar-refractivity contribution in [2.45, 2.75) is 12.8 Å². The zero-order valence-electron chi connectivity index (χ0n) is 10.3. The van der Waals surface area contributed by atoms with Gasteiger partial charge in [-0.2, -0.15) is 0 Å². The Hall–Kier alpha value is -2.24. The van der Waals surface area contributed by atoms with Crippen molar-refractivity contribution in [2.75, 3.05) is 13.1 Å². The predicted molar refractivity (Wildman–Crippen MR) is 67.8 cm³/mol. The predicted octanol–water partition coefficient (Wildman–Crippen LogP) is 0.354. The fraction of sp³-hybridized carbons (Fsp3) is 0.385. The molecule has 6 heteroatoms. The van der Waals surface area contributed by atoms with E-state index in [0.29, 0.717) is 13.1 Å². The fourth-order valence-corrected chi connectivity index (χ4v) is 1.68. The highest BCUT2D eigenvalue weighted by atomic mass is 16.3. The number of hydrogen-bond acceptors (Lipinski definition) is 4. The molecule has 0 aliphatic heterocycles. The Morgan fingerprint density at radius 3 is 2.21 bits per heavy atom. The van der Waals surface area contributed by atoms with Crippen LogP contribution >= 0.6 is 0 Å². The van der Waals surface area contributed by atoms with E-state index < -0.39 is 5.91 Å². The van der Waals surface area contributed by atoms with Crippen molar-refractivity contribution in [2.24, 2.45) is 5.92 Å². The second kappa shape index (κ2) is 5.60. The Balaban J connectivity index is 1.75. The van der Waals surface area contributed by atoms with Crippen molar-refractivity contribution in [3.8, 4) is 11.5 Å². The van der Waals surface area contributed by atoms with Crippen LogP contribution in [0.15, 0.2) is 18.2 Å². The van der Waals surface area contributed by atoms with Crippen LogP contribution < -0.4 is 10.6 Å². The minimum absolute atomic E-state index is 0.0317. The van der Waals surface area contributed by atoms with E-state index in [2.05, 4.69) is 10.6 Å². The molecule has 1 aromatic rings.